The van der Waals surface area contributed by atoms with Gasteiger partial charge >= 0.3 is 0 Å². The minimum atomic E-state index is -0.734. The van der Waals surface area contributed by atoms with E-state index in [-0.39, 0.29) is 29.4 Å². The maximum Gasteiger partial charge on any atom is 0.258 e. The predicted molar refractivity (Wildman–Crippen MR) is 72.0 cm³/mol. The fourth-order valence-electron chi connectivity index (χ4n) is 2.75. The van der Waals surface area contributed by atoms with E-state index in [1.165, 1.54) is 25.3 Å². The zero-order chi connectivity index (χ0) is 15.1. The van der Waals surface area contributed by atoms with Crippen molar-refractivity contribution in [3.63, 3.8) is 0 Å². The molecule has 1 aromatic rings. The van der Waals surface area contributed by atoms with Gasteiger partial charge in [0.15, 0.2) is 0 Å². The molecule has 0 fully saturated rings. The van der Waals surface area contributed by atoms with E-state index in [0.717, 1.165) is 0 Å². The Morgan fingerprint density at radius 1 is 1.38 bits per heavy atom. The number of nitrogens with zero attached hydrogens (tertiary/aromatic N) is 1. The third-order valence-electron chi connectivity index (χ3n) is 3.63. The van der Waals surface area contributed by atoms with Gasteiger partial charge < -0.3 is 19.7 Å². The smallest absolute Gasteiger partial charge is 0.258 e. The van der Waals surface area contributed by atoms with Gasteiger partial charge in [0.1, 0.15) is 35.9 Å². The Labute approximate surface area is 119 Å². The monoisotopic (exact) mass is 291 g/mol. The van der Waals surface area contributed by atoms with Crippen molar-refractivity contribution in [3.8, 4) is 11.5 Å². The highest BCUT2D eigenvalue weighted by atomic mass is 16.6. The summed E-state index contributed by atoms with van der Waals surface area (Å²) in [6.07, 6.45) is 2.17. The third-order valence-corrected chi connectivity index (χ3v) is 3.63. The van der Waals surface area contributed by atoms with Crippen LogP contribution in [0.2, 0.25) is 0 Å². The summed E-state index contributed by atoms with van der Waals surface area (Å²) in [5.74, 6) is -0.353. The van der Waals surface area contributed by atoms with Gasteiger partial charge in [-0.05, 0) is 18.2 Å². The summed E-state index contributed by atoms with van der Waals surface area (Å²) in [7, 11) is 1.49. The number of benzene rings is 1. The van der Waals surface area contributed by atoms with Gasteiger partial charge in [0.25, 0.3) is 5.70 Å². The van der Waals surface area contributed by atoms with E-state index in [2.05, 4.69) is 0 Å². The quantitative estimate of drug-likeness (QED) is 0.501. The largest absolute Gasteiger partial charge is 0.507 e. The van der Waals surface area contributed by atoms with Crippen molar-refractivity contribution in [2.45, 2.75) is 6.10 Å². The molecule has 0 aromatic heterocycles. The molecule has 21 heavy (non-hydrogen) atoms. The Bertz CT molecular complexity index is 678. The van der Waals surface area contributed by atoms with Gasteiger partial charge in [-0.2, -0.15) is 0 Å². The lowest BCUT2D eigenvalue weighted by Crippen LogP contribution is -2.20. The molecule has 7 heteroatoms. The first-order valence-electron chi connectivity index (χ1n) is 6.30. The number of hydrogen-bond donors (Lipinski definition) is 2. The fourth-order valence-corrected chi connectivity index (χ4v) is 2.75. The molecule has 3 rings (SSSR count). The molecule has 0 spiro atoms. The standard InChI is InChI=1S/C14H13NO6/c1-20-6-7-4-8-10(15(18)19)5-9-11(16)2-3-12(17)13(9)14(8)21-7/h2-5,8,14,16-17H,6H2,1H3/t8-,14-/m0/s1. The number of rotatable bonds is 3. The zero-order valence-electron chi connectivity index (χ0n) is 11.1. The molecule has 0 saturated heterocycles. The van der Waals surface area contributed by atoms with Crippen molar-refractivity contribution in [3.05, 3.63) is 50.9 Å². The van der Waals surface area contributed by atoms with Gasteiger partial charge in [-0.1, -0.05) is 0 Å². The van der Waals surface area contributed by atoms with Crippen molar-refractivity contribution in [2.24, 2.45) is 5.92 Å². The van der Waals surface area contributed by atoms with Crippen LogP contribution in [-0.4, -0.2) is 28.9 Å². The van der Waals surface area contributed by atoms with Gasteiger partial charge in [0.05, 0.1) is 4.92 Å². The van der Waals surface area contributed by atoms with Gasteiger partial charge in [-0.25, -0.2) is 0 Å². The topological polar surface area (TPSA) is 102 Å². The highest BCUT2D eigenvalue weighted by Gasteiger charge is 2.45. The Morgan fingerprint density at radius 2 is 2.10 bits per heavy atom. The molecule has 0 bridgehead atoms. The van der Waals surface area contributed by atoms with Gasteiger partial charge in [-0.15, -0.1) is 0 Å². The second-order valence-corrected chi connectivity index (χ2v) is 4.89. The molecular formula is C14H13NO6. The second kappa shape index (κ2) is 4.78. The number of fused-ring (bicyclic) bond motifs is 3. The number of phenolic OH excluding ortho intramolecular Hbond substituents is 2. The summed E-state index contributed by atoms with van der Waals surface area (Å²) in [6.45, 7) is 0.187. The van der Waals surface area contributed by atoms with Crippen molar-refractivity contribution in [2.75, 3.05) is 13.7 Å². The molecule has 1 aromatic carbocycles. The van der Waals surface area contributed by atoms with E-state index in [9.17, 15) is 20.3 Å². The van der Waals surface area contributed by atoms with E-state index in [1.54, 1.807) is 6.08 Å². The van der Waals surface area contributed by atoms with E-state index in [1.807, 2.05) is 0 Å². The van der Waals surface area contributed by atoms with Crippen LogP contribution in [0.1, 0.15) is 17.2 Å². The third kappa shape index (κ3) is 2.02. The zero-order valence-corrected chi connectivity index (χ0v) is 11.1. The Kier molecular flexibility index (Phi) is 3.06. The van der Waals surface area contributed by atoms with Crippen molar-refractivity contribution in [1.82, 2.24) is 0 Å². The number of hydrogen-bond acceptors (Lipinski definition) is 6. The summed E-state index contributed by atoms with van der Waals surface area (Å²) < 4.78 is 10.6. The molecule has 2 atom stereocenters. The summed E-state index contributed by atoms with van der Waals surface area (Å²) in [6, 6.07) is 2.63. The van der Waals surface area contributed by atoms with E-state index in [4.69, 9.17) is 9.47 Å². The van der Waals surface area contributed by atoms with E-state index in [0.29, 0.717) is 11.3 Å². The molecular weight excluding hydrogens is 278 g/mol. The van der Waals surface area contributed by atoms with Crippen LogP contribution in [0.25, 0.3) is 6.08 Å². The Hall–Kier alpha value is -2.54. The van der Waals surface area contributed by atoms with Crippen molar-refractivity contribution in [1.29, 1.82) is 0 Å². The lowest BCUT2D eigenvalue weighted by molar-refractivity contribution is -0.432. The maximum atomic E-state index is 11.2. The highest BCUT2D eigenvalue weighted by molar-refractivity contribution is 5.69. The van der Waals surface area contributed by atoms with Crippen LogP contribution in [0.15, 0.2) is 29.7 Å². The molecule has 0 radical (unpaired) electrons. The fraction of sp³-hybridized carbons (Fsp3) is 0.286. The van der Waals surface area contributed by atoms with Crippen molar-refractivity contribution >= 4 is 6.08 Å². The second-order valence-electron chi connectivity index (χ2n) is 4.89. The normalized spacial score (nSPS) is 22.7. The maximum absolute atomic E-state index is 11.2. The Morgan fingerprint density at radius 3 is 2.76 bits per heavy atom. The minimum absolute atomic E-state index is 0.0662. The van der Waals surface area contributed by atoms with Gasteiger partial charge in [-0.3, -0.25) is 10.1 Å². The number of nitro groups is 1. The van der Waals surface area contributed by atoms with Crippen LogP contribution in [0.4, 0.5) is 0 Å². The van der Waals surface area contributed by atoms with Gasteiger partial charge in [0, 0.05) is 24.3 Å². The average molecular weight is 291 g/mol. The first kappa shape index (κ1) is 13.4. The summed E-state index contributed by atoms with van der Waals surface area (Å²) in [5, 5.41) is 31.2. The molecule has 1 aliphatic carbocycles. The molecule has 110 valence electrons. The van der Waals surface area contributed by atoms with Crippen molar-refractivity contribution < 1.29 is 24.6 Å². The SMILES string of the molecule is COCC1=C[C@H]2C([N+](=O)[O-])=Cc3c(O)ccc(O)c3[C@H]2O1. The number of methoxy groups -OCH3 is 1. The minimum Gasteiger partial charge on any atom is -0.507 e. The molecule has 2 aliphatic rings. The van der Waals surface area contributed by atoms with Crippen LogP contribution in [0.5, 0.6) is 11.5 Å². The van der Waals surface area contributed by atoms with Gasteiger partial charge in [0.2, 0.25) is 0 Å². The van der Waals surface area contributed by atoms with E-state index < -0.39 is 16.9 Å². The molecule has 1 heterocycles. The van der Waals surface area contributed by atoms with Crippen LogP contribution >= 0.6 is 0 Å². The molecule has 0 saturated carbocycles. The molecule has 2 N–H and O–H groups in total. The summed E-state index contributed by atoms with van der Waals surface area (Å²) in [5.41, 5.74) is 0.488. The highest BCUT2D eigenvalue weighted by Crippen LogP contribution is 2.50. The van der Waals surface area contributed by atoms with Crippen LogP contribution in [0, 0.1) is 16.0 Å². The number of aromatic hydroxyl groups is 2. The summed E-state index contributed by atoms with van der Waals surface area (Å²) in [4.78, 5) is 10.7. The molecule has 0 amide bonds. The van der Waals surface area contributed by atoms with Crippen LogP contribution in [-0.2, 0) is 9.47 Å². The number of phenols is 2. The molecule has 7 nitrogen and oxygen atoms in total. The van der Waals surface area contributed by atoms with Crippen LogP contribution < -0.4 is 0 Å². The predicted octanol–water partition coefficient (Wildman–Crippen LogP) is 1.95. The average Bonchev–Trinajstić information content (AvgIpc) is 2.85. The Balaban J connectivity index is 2.16. The lowest BCUT2D eigenvalue weighted by atomic mass is 9.84. The van der Waals surface area contributed by atoms with E-state index >= 15 is 0 Å². The molecule has 1 aliphatic heterocycles. The summed E-state index contributed by atoms with van der Waals surface area (Å²) >= 11 is 0. The number of ether oxygens (including phenoxy) is 2. The first-order valence-corrected chi connectivity index (χ1v) is 6.30. The van der Waals surface area contributed by atoms with Crippen LogP contribution in [0.3, 0.4) is 0 Å². The first-order chi connectivity index (χ1) is 10.0. The molecule has 0 unspecified atom stereocenters. The lowest BCUT2D eigenvalue weighted by Gasteiger charge is -2.25.